The van der Waals surface area contributed by atoms with Crippen LogP contribution in [0.1, 0.15) is 82.6 Å². The van der Waals surface area contributed by atoms with E-state index < -0.39 is 71.3 Å². The standard InChI is InChI=1S/C43H52ClF3N4O6/c1-8-24-51(40(56)43(45,46)47)41(5,6)39(55)49(7)36(28(2)3)37(53)48-34(38(54)50-25-14-15-26-50)27-35(52)57-42(30-16-10-9-11-17-30,31-22-20-29(4)21-23-31)32-18-12-13-19-33(32)44/h9-13,16-23,28,34,36H,8,14-15,24-27H2,1-7H3,(H,48,53)/t34-,36-,42?/m0/s1. The first-order chi connectivity index (χ1) is 26.8. The zero-order valence-corrected chi connectivity index (χ0v) is 34.2. The molecule has 0 saturated carbocycles. The van der Waals surface area contributed by atoms with Crippen molar-refractivity contribution in [2.75, 3.05) is 26.7 Å². The maximum atomic E-state index is 14.4. The second kappa shape index (κ2) is 18.6. The van der Waals surface area contributed by atoms with Gasteiger partial charge < -0.3 is 24.8 Å². The maximum absolute atomic E-state index is 14.4. The molecule has 3 aromatic carbocycles. The summed E-state index contributed by atoms with van der Waals surface area (Å²) in [6.07, 6.45) is -4.26. The van der Waals surface area contributed by atoms with Gasteiger partial charge in [-0.2, -0.15) is 13.2 Å². The van der Waals surface area contributed by atoms with Gasteiger partial charge in [-0.1, -0.05) is 111 Å². The van der Waals surface area contributed by atoms with E-state index in [0.717, 1.165) is 23.3 Å². The molecule has 57 heavy (non-hydrogen) atoms. The zero-order chi connectivity index (χ0) is 42.3. The minimum Gasteiger partial charge on any atom is -0.444 e. The summed E-state index contributed by atoms with van der Waals surface area (Å²) in [4.78, 5) is 72.3. The predicted molar refractivity (Wildman–Crippen MR) is 211 cm³/mol. The fourth-order valence-electron chi connectivity index (χ4n) is 7.46. The van der Waals surface area contributed by atoms with Crippen molar-refractivity contribution >= 4 is 41.2 Å². The van der Waals surface area contributed by atoms with Gasteiger partial charge in [-0.25, -0.2) is 0 Å². The molecule has 0 aromatic heterocycles. The smallest absolute Gasteiger partial charge is 0.444 e. The van der Waals surface area contributed by atoms with Crippen LogP contribution in [0, 0.1) is 12.8 Å². The molecule has 1 fully saturated rings. The minimum absolute atomic E-state index is 0.138. The van der Waals surface area contributed by atoms with Crippen LogP contribution in [0.4, 0.5) is 13.2 Å². The molecule has 1 unspecified atom stereocenters. The molecule has 1 N–H and O–H groups in total. The van der Waals surface area contributed by atoms with E-state index in [1.807, 2.05) is 37.3 Å². The number of amides is 4. The number of halogens is 4. The van der Waals surface area contributed by atoms with Crippen LogP contribution in [0.25, 0.3) is 0 Å². The van der Waals surface area contributed by atoms with E-state index in [9.17, 15) is 37.1 Å². The first-order valence-electron chi connectivity index (χ1n) is 19.1. The first-order valence-corrected chi connectivity index (χ1v) is 19.5. The van der Waals surface area contributed by atoms with Gasteiger partial charge in [0.1, 0.15) is 17.6 Å². The summed E-state index contributed by atoms with van der Waals surface area (Å²) in [6.45, 7) is 9.60. The molecule has 1 aliphatic rings. The second-order valence-corrected chi connectivity index (χ2v) is 15.7. The fraction of sp³-hybridized carbons (Fsp3) is 0.465. The zero-order valence-electron chi connectivity index (χ0n) is 33.5. The monoisotopic (exact) mass is 812 g/mol. The van der Waals surface area contributed by atoms with Crippen molar-refractivity contribution in [2.24, 2.45) is 5.92 Å². The van der Waals surface area contributed by atoms with Gasteiger partial charge in [0.15, 0.2) is 5.60 Å². The lowest BCUT2D eigenvalue weighted by Crippen LogP contribution is -2.64. The van der Waals surface area contributed by atoms with Crippen LogP contribution in [0.3, 0.4) is 0 Å². The maximum Gasteiger partial charge on any atom is 0.471 e. The van der Waals surface area contributed by atoms with Crippen molar-refractivity contribution < 1.29 is 41.9 Å². The lowest BCUT2D eigenvalue weighted by Gasteiger charge is -2.42. The average Bonchev–Trinajstić information content (AvgIpc) is 3.71. The Kier molecular flexibility index (Phi) is 14.6. The van der Waals surface area contributed by atoms with Crippen molar-refractivity contribution in [1.29, 1.82) is 0 Å². The van der Waals surface area contributed by atoms with E-state index in [4.69, 9.17) is 16.3 Å². The number of carbonyl (C=O) groups excluding carboxylic acids is 5. The number of nitrogens with zero attached hydrogens (tertiary/aromatic N) is 3. The Bertz CT molecular complexity index is 1900. The van der Waals surface area contributed by atoms with Crippen LogP contribution in [-0.2, 0) is 34.3 Å². The predicted octanol–water partition coefficient (Wildman–Crippen LogP) is 7.04. The number of likely N-dealkylation sites (tertiary alicyclic amines) is 1. The SMILES string of the molecule is CCCN(C(=O)C(F)(F)F)C(C)(C)C(=O)N(C)[C@H](C(=O)N[C@@H](CC(=O)OC(c1ccccc1)(c1ccc(C)cc1)c1ccccc1Cl)C(=O)N1CCCC1)C(C)C. The lowest BCUT2D eigenvalue weighted by molar-refractivity contribution is -0.193. The third-order valence-corrected chi connectivity index (χ3v) is 10.7. The number of carbonyl (C=O) groups is 5. The number of nitrogens with one attached hydrogen (secondary N) is 1. The van der Waals surface area contributed by atoms with Crippen molar-refractivity contribution in [1.82, 2.24) is 20.0 Å². The molecule has 1 saturated heterocycles. The number of rotatable bonds is 15. The first kappa shape index (κ1) is 44.8. The van der Waals surface area contributed by atoms with E-state index in [-0.39, 0.29) is 13.0 Å². The summed E-state index contributed by atoms with van der Waals surface area (Å²) >= 11 is 6.84. The van der Waals surface area contributed by atoms with Gasteiger partial charge in [-0.3, -0.25) is 24.0 Å². The van der Waals surface area contributed by atoms with Crippen LogP contribution >= 0.6 is 11.6 Å². The van der Waals surface area contributed by atoms with E-state index >= 15 is 0 Å². The summed E-state index contributed by atoms with van der Waals surface area (Å²) in [6, 6.07) is 20.6. The van der Waals surface area contributed by atoms with Crippen molar-refractivity contribution in [3.63, 3.8) is 0 Å². The number of hydrogen-bond donors (Lipinski definition) is 1. The quantitative estimate of drug-likeness (QED) is 0.130. The highest BCUT2D eigenvalue weighted by molar-refractivity contribution is 6.31. The van der Waals surface area contributed by atoms with Gasteiger partial charge in [0.25, 0.3) is 0 Å². The highest BCUT2D eigenvalue weighted by atomic mass is 35.5. The molecule has 4 rings (SSSR count). The largest absolute Gasteiger partial charge is 0.471 e. The Hall–Kier alpha value is -4.91. The van der Waals surface area contributed by atoms with Gasteiger partial charge in [0.2, 0.25) is 17.7 Å². The lowest BCUT2D eigenvalue weighted by atomic mass is 9.79. The van der Waals surface area contributed by atoms with Gasteiger partial charge in [-0.15, -0.1) is 0 Å². The fourth-order valence-corrected chi connectivity index (χ4v) is 7.73. The average molecular weight is 813 g/mol. The molecule has 3 aromatic rings. The van der Waals surface area contributed by atoms with Crippen LogP contribution in [0.5, 0.6) is 0 Å². The molecular weight excluding hydrogens is 761 g/mol. The van der Waals surface area contributed by atoms with Crippen molar-refractivity contribution in [3.05, 3.63) is 106 Å². The molecule has 3 atom stereocenters. The Labute approximate surface area is 337 Å². The summed E-state index contributed by atoms with van der Waals surface area (Å²) in [5.74, 6) is -5.90. The van der Waals surface area contributed by atoms with Gasteiger partial charge in [0, 0.05) is 48.4 Å². The number of aryl methyl sites for hydroxylation is 1. The Morgan fingerprint density at radius 1 is 0.860 bits per heavy atom. The molecule has 10 nitrogen and oxygen atoms in total. The van der Waals surface area contributed by atoms with E-state index in [2.05, 4.69) is 5.32 Å². The Balaban J connectivity index is 1.73. The number of benzene rings is 3. The molecule has 14 heteroatoms. The second-order valence-electron chi connectivity index (χ2n) is 15.3. The molecule has 4 amide bonds. The van der Waals surface area contributed by atoms with Gasteiger partial charge >= 0.3 is 18.1 Å². The van der Waals surface area contributed by atoms with Crippen LogP contribution in [-0.4, -0.2) is 94.8 Å². The minimum atomic E-state index is -5.23. The Morgan fingerprint density at radius 3 is 1.96 bits per heavy atom. The third kappa shape index (κ3) is 9.98. The summed E-state index contributed by atoms with van der Waals surface area (Å²) in [5.41, 5.74) is -1.02. The van der Waals surface area contributed by atoms with Crippen molar-refractivity contribution in [2.45, 2.75) is 96.6 Å². The Morgan fingerprint density at radius 2 is 1.42 bits per heavy atom. The molecule has 0 bridgehead atoms. The topological polar surface area (TPSA) is 116 Å². The van der Waals surface area contributed by atoms with Crippen LogP contribution < -0.4 is 5.32 Å². The molecule has 0 spiro atoms. The number of alkyl halides is 3. The number of likely N-dealkylation sites (N-methyl/N-ethyl adjacent to an activating group) is 1. The summed E-state index contributed by atoms with van der Waals surface area (Å²) < 4.78 is 47.5. The summed E-state index contributed by atoms with van der Waals surface area (Å²) in [5, 5.41) is 3.02. The molecule has 1 heterocycles. The molecule has 1 aliphatic heterocycles. The summed E-state index contributed by atoms with van der Waals surface area (Å²) in [7, 11) is 1.27. The molecule has 0 radical (unpaired) electrons. The van der Waals surface area contributed by atoms with Crippen molar-refractivity contribution in [3.8, 4) is 0 Å². The van der Waals surface area contributed by atoms with Gasteiger partial charge in [-0.05, 0) is 52.0 Å². The van der Waals surface area contributed by atoms with Crippen LogP contribution in [0.15, 0.2) is 78.9 Å². The van der Waals surface area contributed by atoms with Crippen LogP contribution in [0.2, 0.25) is 5.02 Å². The number of esters is 1. The normalized spacial score (nSPS) is 15.3. The number of ether oxygens (including phenoxy) is 1. The highest BCUT2D eigenvalue weighted by Crippen LogP contribution is 2.44. The van der Waals surface area contributed by atoms with E-state index in [1.165, 1.54) is 20.9 Å². The molecular formula is C43H52ClF3N4O6. The van der Waals surface area contributed by atoms with Gasteiger partial charge in [0.05, 0.1) is 6.42 Å². The third-order valence-electron chi connectivity index (χ3n) is 10.3. The van der Waals surface area contributed by atoms with E-state index in [0.29, 0.717) is 39.7 Å². The molecule has 308 valence electrons. The highest BCUT2D eigenvalue weighted by Gasteiger charge is 2.51. The van der Waals surface area contributed by atoms with E-state index in [1.54, 1.807) is 74.2 Å². The molecule has 0 aliphatic carbocycles. The number of hydrogen-bond acceptors (Lipinski definition) is 6.